The monoisotopic (exact) mass is 293 g/mol. The maximum Gasteiger partial charge on any atom is 0.155 e. The van der Waals surface area contributed by atoms with Crippen molar-refractivity contribution in [1.82, 2.24) is 14.6 Å². The molecule has 0 atom stereocenters. The Morgan fingerprint density at radius 2 is 1.91 bits per heavy atom. The van der Waals surface area contributed by atoms with E-state index in [0.29, 0.717) is 11.1 Å². The van der Waals surface area contributed by atoms with E-state index in [4.69, 9.17) is 0 Å². The molecule has 0 saturated carbocycles. The second-order valence-corrected chi connectivity index (χ2v) is 6.15. The minimum Gasteiger partial charge on any atom is -0.236 e. The van der Waals surface area contributed by atoms with Crippen LogP contribution in [0.2, 0.25) is 0 Å². The number of hydrogen-bond donors (Lipinski definition) is 0. The SMILES string of the molecule is CC(C)(C)c1cc2ncc(C#Cc3ccccc3F)cn2n1. The molecule has 0 unspecified atom stereocenters. The van der Waals surface area contributed by atoms with Crippen LogP contribution in [-0.2, 0) is 5.41 Å². The molecule has 3 nitrogen and oxygen atoms in total. The first-order chi connectivity index (χ1) is 10.4. The fraction of sp³-hybridized carbons (Fsp3) is 0.222. The Labute approximate surface area is 128 Å². The molecule has 3 aromatic rings. The Morgan fingerprint density at radius 1 is 1.14 bits per heavy atom. The van der Waals surface area contributed by atoms with Gasteiger partial charge in [-0.1, -0.05) is 44.7 Å². The number of fused-ring (bicyclic) bond motifs is 1. The summed E-state index contributed by atoms with van der Waals surface area (Å²) >= 11 is 0. The van der Waals surface area contributed by atoms with Gasteiger partial charge in [-0.2, -0.15) is 5.10 Å². The first-order valence-electron chi connectivity index (χ1n) is 7.06. The second kappa shape index (κ2) is 5.27. The molecule has 0 aliphatic heterocycles. The Balaban J connectivity index is 1.98. The fourth-order valence-electron chi connectivity index (χ4n) is 2.01. The van der Waals surface area contributed by atoms with Gasteiger partial charge in [0.05, 0.1) is 16.8 Å². The molecule has 0 fully saturated rings. The molecule has 0 aliphatic rings. The predicted octanol–water partition coefficient (Wildman–Crippen LogP) is 3.57. The molecular weight excluding hydrogens is 277 g/mol. The van der Waals surface area contributed by atoms with Crippen LogP contribution in [0.5, 0.6) is 0 Å². The van der Waals surface area contributed by atoms with Crippen LogP contribution < -0.4 is 0 Å². The van der Waals surface area contributed by atoms with E-state index in [9.17, 15) is 4.39 Å². The smallest absolute Gasteiger partial charge is 0.155 e. The van der Waals surface area contributed by atoms with Crippen molar-refractivity contribution in [3.63, 3.8) is 0 Å². The summed E-state index contributed by atoms with van der Waals surface area (Å²) in [5.74, 6) is 5.43. The Kier molecular flexibility index (Phi) is 3.42. The van der Waals surface area contributed by atoms with Crippen LogP contribution in [0, 0.1) is 17.7 Å². The number of hydrogen-bond acceptors (Lipinski definition) is 2. The van der Waals surface area contributed by atoms with Gasteiger partial charge in [-0.15, -0.1) is 0 Å². The standard InChI is InChI=1S/C18H16FN3/c1-18(2,3)16-10-17-20-11-13(12-22(17)21-16)8-9-14-6-4-5-7-15(14)19/h4-7,10-12H,1-3H3. The lowest BCUT2D eigenvalue weighted by Crippen LogP contribution is -2.11. The van der Waals surface area contributed by atoms with Crippen molar-refractivity contribution in [3.05, 3.63) is 65.4 Å². The van der Waals surface area contributed by atoms with Crippen LogP contribution in [0.1, 0.15) is 37.6 Å². The summed E-state index contributed by atoms with van der Waals surface area (Å²) < 4.78 is 15.3. The van der Waals surface area contributed by atoms with Crippen molar-refractivity contribution in [2.75, 3.05) is 0 Å². The first-order valence-corrected chi connectivity index (χ1v) is 7.06. The lowest BCUT2D eigenvalue weighted by atomic mass is 9.93. The molecule has 1 aromatic carbocycles. The van der Waals surface area contributed by atoms with E-state index in [-0.39, 0.29) is 11.2 Å². The molecule has 22 heavy (non-hydrogen) atoms. The largest absolute Gasteiger partial charge is 0.236 e. The van der Waals surface area contributed by atoms with Crippen LogP contribution in [0.15, 0.2) is 42.7 Å². The molecule has 4 heteroatoms. The lowest BCUT2D eigenvalue weighted by molar-refractivity contribution is 0.562. The van der Waals surface area contributed by atoms with Crippen molar-refractivity contribution in [2.45, 2.75) is 26.2 Å². The van der Waals surface area contributed by atoms with Crippen LogP contribution in [0.4, 0.5) is 4.39 Å². The van der Waals surface area contributed by atoms with E-state index in [0.717, 1.165) is 11.3 Å². The summed E-state index contributed by atoms with van der Waals surface area (Å²) in [6.45, 7) is 6.31. The van der Waals surface area contributed by atoms with E-state index in [1.807, 2.05) is 12.3 Å². The van der Waals surface area contributed by atoms with E-state index in [2.05, 4.69) is 42.7 Å². The quantitative estimate of drug-likeness (QED) is 0.593. The van der Waals surface area contributed by atoms with Crippen molar-refractivity contribution >= 4 is 5.65 Å². The number of nitrogens with zero attached hydrogens (tertiary/aromatic N) is 3. The molecule has 2 heterocycles. The van der Waals surface area contributed by atoms with Gasteiger partial charge in [0.15, 0.2) is 5.65 Å². The summed E-state index contributed by atoms with van der Waals surface area (Å²) in [5, 5.41) is 4.53. The first kappa shape index (κ1) is 14.3. The highest BCUT2D eigenvalue weighted by Crippen LogP contribution is 2.21. The highest BCUT2D eigenvalue weighted by Gasteiger charge is 2.17. The Hall–Kier alpha value is -2.67. The summed E-state index contributed by atoms with van der Waals surface area (Å²) in [6.07, 6.45) is 3.49. The molecule has 110 valence electrons. The molecule has 0 bridgehead atoms. The summed E-state index contributed by atoms with van der Waals surface area (Å²) in [6, 6.07) is 8.42. The number of benzene rings is 1. The zero-order valence-electron chi connectivity index (χ0n) is 12.8. The average Bonchev–Trinajstić information content (AvgIpc) is 2.90. The lowest BCUT2D eigenvalue weighted by Gasteiger charge is -2.13. The molecule has 0 aliphatic carbocycles. The van der Waals surface area contributed by atoms with Gasteiger partial charge in [-0.25, -0.2) is 13.9 Å². The van der Waals surface area contributed by atoms with Crippen molar-refractivity contribution in [2.24, 2.45) is 0 Å². The fourth-order valence-corrected chi connectivity index (χ4v) is 2.01. The zero-order valence-corrected chi connectivity index (χ0v) is 12.8. The van der Waals surface area contributed by atoms with Gasteiger partial charge in [0.1, 0.15) is 5.82 Å². The maximum atomic E-state index is 13.5. The van der Waals surface area contributed by atoms with Gasteiger partial charge in [-0.05, 0) is 12.1 Å². The van der Waals surface area contributed by atoms with Gasteiger partial charge >= 0.3 is 0 Å². The normalized spacial score (nSPS) is 11.3. The van der Waals surface area contributed by atoms with Crippen LogP contribution in [0.3, 0.4) is 0 Å². The van der Waals surface area contributed by atoms with Crippen LogP contribution >= 0.6 is 0 Å². The van der Waals surface area contributed by atoms with Gasteiger partial charge in [0.25, 0.3) is 0 Å². The Morgan fingerprint density at radius 3 is 2.64 bits per heavy atom. The molecular formula is C18H16FN3. The van der Waals surface area contributed by atoms with E-state index in [1.165, 1.54) is 6.07 Å². The summed E-state index contributed by atoms with van der Waals surface area (Å²) in [5.41, 5.74) is 2.78. The average molecular weight is 293 g/mol. The van der Waals surface area contributed by atoms with Gasteiger partial charge < -0.3 is 0 Å². The van der Waals surface area contributed by atoms with Crippen molar-refractivity contribution < 1.29 is 4.39 Å². The topological polar surface area (TPSA) is 30.2 Å². The highest BCUT2D eigenvalue weighted by atomic mass is 19.1. The van der Waals surface area contributed by atoms with E-state index >= 15 is 0 Å². The second-order valence-electron chi connectivity index (χ2n) is 6.15. The van der Waals surface area contributed by atoms with Crippen LogP contribution in [-0.4, -0.2) is 14.6 Å². The predicted molar refractivity (Wildman–Crippen MR) is 84.1 cm³/mol. The van der Waals surface area contributed by atoms with Gasteiger partial charge in [0.2, 0.25) is 0 Å². The van der Waals surface area contributed by atoms with Gasteiger partial charge in [0, 0.05) is 23.9 Å². The number of aromatic nitrogens is 3. The molecule has 0 N–H and O–H groups in total. The third-order valence-electron chi connectivity index (χ3n) is 3.30. The minimum absolute atomic E-state index is 0.0350. The molecule has 0 amide bonds. The molecule has 0 spiro atoms. The highest BCUT2D eigenvalue weighted by molar-refractivity contribution is 5.46. The Bertz CT molecular complexity index is 892. The molecule has 0 saturated heterocycles. The summed E-state index contributed by atoms with van der Waals surface area (Å²) in [7, 11) is 0. The minimum atomic E-state index is -0.321. The number of halogens is 1. The molecule has 2 aromatic heterocycles. The van der Waals surface area contributed by atoms with Crippen molar-refractivity contribution in [1.29, 1.82) is 0 Å². The van der Waals surface area contributed by atoms with E-state index in [1.54, 1.807) is 28.9 Å². The maximum absolute atomic E-state index is 13.5. The third-order valence-corrected chi connectivity index (χ3v) is 3.30. The summed E-state index contributed by atoms with van der Waals surface area (Å²) in [4.78, 5) is 4.35. The van der Waals surface area contributed by atoms with E-state index < -0.39 is 0 Å². The molecule has 3 rings (SSSR count). The third kappa shape index (κ3) is 2.84. The molecule has 0 radical (unpaired) electrons. The number of rotatable bonds is 0. The van der Waals surface area contributed by atoms with Crippen molar-refractivity contribution in [3.8, 4) is 11.8 Å². The zero-order chi connectivity index (χ0) is 15.7. The van der Waals surface area contributed by atoms with Gasteiger partial charge in [-0.3, -0.25) is 0 Å². The van der Waals surface area contributed by atoms with Crippen LogP contribution in [0.25, 0.3) is 5.65 Å².